The summed E-state index contributed by atoms with van der Waals surface area (Å²) in [7, 11) is 0. The predicted octanol–water partition coefficient (Wildman–Crippen LogP) is 4.57. The number of carboxylic acid groups (broad SMARTS) is 1. The smallest absolute Gasteiger partial charge is 0.417 e. The number of aliphatic carboxylic acids is 1. The lowest BCUT2D eigenvalue weighted by atomic mass is 9.89. The Kier molecular flexibility index (Phi) is 9.57. The van der Waals surface area contributed by atoms with Crippen LogP contribution in [0, 0.1) is 0 Å². The van der Waals surface area contributed by atoms with Crippen LogP contribution in [0.3, 0.4) is 0 Å². The van der Waals surface area contributed by atoms with Gasteiger partial charge in [0.25, 0.3) is 0 Å². The fourth-order valence-corrected chi connectivity index (χ4v) is 3.91. The maximum atomic E-state index is 14.0. The molecule has 0 bridgehead atoms. The molecule has 3 aromatic rings. The number of benzene rings is 3. The van der Waals surface area contributed by atoms with Crippen LogP contribution in [0.1, 0.15) is 41.9 Å². The lowest BCUT2D eigenvalue weighted by Gasteiger charge is -2.30. The number of rotatable bonds is 11. The highest BCUT2D eigenvalue weighted by Gasteiger charge is 2.40. The second kappa shape index (κ2) is 13.1. The molecule has 0 aliphatic rings. The first-order valence-electron chi connectivity index (χ1n) is 11.6. The number of ether oxygens (including phenoxy) is 1. The number of carboxylic acids is 1. The molecule has 1 atom stereocenters. The second-order valence-electron chi connectivity index (χ2n) is 8.14. The van der Waals surface area contributed by atoms with E-state index in [-0.39, 0.29) is 13.0 Å². The molecule has 0 aliphatic carbocycles. The van der Waals surface area contributed by atoms with Crippen molar-refractivity contribution in [3.8, 4) is 0 Å². The van der Waals surface area contributed by atoms with E-state index in [2.05, 4.69) is 0 Å². The van der Waals surface area contributed by atoms with Crippen LogP contribution < -0.4 is 5.73 Å². The summed E-state index contributed by atoms with van der Waals surface area (Å²) in [6, 6.07) is 25.6. The summed E-state index contributed by atoms with van der Waals surface area (Å²) < 4.78 is 5.45. The van der Waals surface area contributed by atoms with E-state index in [9.17, 15) is 19.5 Å². The molecule has 7 heteroatoms. The summed E-state index contributed by atoms with van der Waals surface area (Å²) in [6.07, 6.45) is 0.112. The lowest BCUT2D eigenvalue weighted by Crippen LogP contribution is -2.50. The molecule has 0 radical (unpaired) electrons. The molecule has 0 spiro atoms. The molecule has 0 aromatic heterocycles. The van der Waals surface area contributed by atoms with Crippen LogP contribution in [0.4, 0.5) is 4.79 Å². The van der Waals surface area contributed by atoms with E-state index in [1.807, 2.05) is 18.2 Å². The van der Waals surface area contributed by atoms with Crippen LogP contribution in [0.25, 0.3) is 0 Å². The summed E-state index contributed by atoms with van der Waals surface area (Å²) in [5.41, 5.74) is 7.60. The van der Waals surface area contributed by atoms with Gasteiger partial charge < -0.3 is 15.6 Å². The highest BCUT2D eigenvalue weighted by atomic mass is 16.6. The van der Waals surface area contributed by atoms with E-state index < -0.39 is 29.9 Å². The average Bonchev–Trinajstić information content (AvgIpc) is 2.89. The van der Waals surface area contributed by atoms with Crippen LogP contribution in [0.15, 0.2) is 91.0 Å². The summed E-state index contributed by atoms with van der Waals surface area (Å²) >= 11 is 0. The van der Waals surface area contributed by atoms with Crippen molar-refractivity contribution in [2.24, 2.45) is 5.73 Å². The Morgan fingerprint density at radius 1 is 0.800 bits per heavy atom. The topological polar surface area (TPSA) is 110 Å². The van der Waals surface area contributed by atoms with E-state index in [1.54, 1.807) is 72.8 Å². The van der Waals surface area contributed by atoms with Crippen LogP contribution >= 0.6 is 0 Å². The number of amides is 2. The fraction of sp³-hybridized carbons (Fsp3) is 0.250. The molecule has 3 N–H and O–H groups in total. The molecule has 35 heavy (non-hydrogen) atoms. The predicted molar refractivity (Wildman–Crippen MR) is 133 cm³/mol. The van der Waals surface area contributed by atoms with Gasteiger partial charge in [0.15, 0.2) is 0 Å². The Labute approximate surface area is 205 Å². The van der Waals surface area contributed by atoms with Gasteiger partial charge in [0, 0.05) is 0 Å². The van der Waals surface area contributed by atoms with Crippen LogP contribution in [0.5, 0.6) is 0 Å². The zero-order chi connectivity index (χ0) is 25.0. The van der Waals surface area contributed by atoms with Crippen LogP contribution in [0.2, 0.25) is 0 Å². The van der Waals surface area contributed by atoms with E-state index in [0.29, 0.717) is 30.5 Å². The molecule has 182 valence electrons. The van der Waals surface area contributed by atoms with Gasteiger partial charge in [-0.3, -0.25) is 4.79 Å². The molecule has 0 fully saturated rings. The Hall–Kier alpha value is -3.97. The summed E-state index contributed by atoms with van der Waals surface area (Å²) in [5.74, 6) is -2.80. The molecule has 7 nitrogen and oxygen atoms in total. The van der Waals surface area contributed by atoms with E-state index in [1.165, 1.54) is 0 Å². The number of imide groups is 1. The highest BCUT2D eigenvalue weighted by Crippen LogP contribution is 2.29. The maximum absolute atomic E-state index is 14.0. The van der Waals surface area contributed by atoms with Crippen molar-refractivity contribution < 1.29 is 24.2 Å². The molecular formula is C28H30N2O5. The minimum absolute atomic E-state index is 0.0784. The maximum Gasteiger partial charge on any atom is 0.417 e. The van der Waals surface area contributed by atoms with Gasteiger partial charge in [-0.2, -0.15) is 0 Å². The minimum atomic E-state index is -1.38. The third-order valence-corrected chi connectivity index (χ3v) is 5.68. The number of unbranched alkanes of at least 4 members (excludes halogenated alkanes) is 1. The van der Waals surface area contributed by atoms with Gasteiger partial charge in [-0.15, -0.1) is 0 Å². The lowest BCUT2D eigenvalue weighted by molar-refractivity contribution is -0.149. The monoisotopic (exact) mass is 474 g/mol. The summed E-state index contributed by atoms with van der Waals surface area (Å²) in [5, 5.41) is 10.0. The minimum Gasteiger partial charge on any atom is -0.480 e. The second-order valence-corrected chi connectivity index (χ2v) is 8.14. The van der Waals surface area contributed by atoms with Crippen molar-refractivity contribution in [3.63, 3.8) is 0 Å². The molecular weight excluding hydrogens is 444 g/mol. The normalized spacial score (nSPS) is 11.6. The molecule has 3 aromatic carbocycles. The Morgan fingerprint density at radius 2 is 1.31 bits per heavy atom. The Balaban J connectivity index is 1.99. The molecule has 2 amide bonds. The first-order valence-corrected chi connectivity index (χ1v) is 11.6. The van der Waals surface area contributed by atoms with Gasteiger partial charge in [-0.05, 0) is 42.5 Å². The Bertz CT molecular complexity index is 1050. The van der Waals surface area contributed by atoms with Crippen molar-refractivity contribution in [2.45, 2.75) is 37.8 Å². The van der Waals surface area contributed by atoms with Gasteiger partial charge in [0.1, 0.15) is 12.6 Å². The Morgan fingerprint density at radius 3 is 1.80 bits per heavy atom. The molecule has 1 unspecified atom stereocenters. The van der Waals surface area contributed by atoms with E-state index in [4.69, 9.17) is 10.5 Å². The number of nitrogens with zero attached hydrogens (tertiary/aromatic N) is 1. The van der Waals surface area contributed by atoms with Gasteiger partial charge >= 0.3 is 12.1 Å². The quantitative estimate of drug-likeness (QED) is 0.394. The third kappa shape index (κ3) is 7.01. The fourth-order valence-electron chi connectivity index (χ4n) is 3.91. The highest BCUT2D eigenvalue weighted by molar-refractivity contribution is 6.01. The van der Waals surface area contributed by atoms with Crippen LogP contribution in [-0.2, 0) is 20.9 Å². The van der Waals surface area contributed by atoms with Gasteiger partial charge in [0.2, 0.25) is 5.91 Å². The van der Waals surface area contributed by atoms with Crippen molar-refractivity contribution in [3.05, 3.63) is 108 Å². The SMILES string of the molecule is NCCCCC(C(=O)O)N(C(=O)OCc1ccccc1)C(=O)C(c1ccccc1)c1ccccc1. The van der Waals surface area contributed by atoms with E-state index >= 15 is 0 Å². The number of hydrogen-bond acceptors (Lipinski definition) is 5. The van der Waals surface area contributed by atoms with Gasteiger partial charge in [-0.1, -0.05) is 91.0 Å². The number of carbonyl (C=O) groups excluding carboxylic acids is 2. The molecule has 0 saturated heterocycles. The zero-order valence-electron chi connectivity index (χ0n) is 19.5. The molecule has 3 rings (SSSR count). The molecule has 0 heterocycles. The number of carbonyl (C=O) groups is 3. The summed E-state index contributed by atoms with van der Waals surface area (Å²) in [4.78, 5) is 40.4. The van der Waals surface area contributed by atoms with Crippen molar-refractivity contribution in [2.75, 3.05) is 6.54 Å². The average molecular weight is 475 g/mol. The first kappa shape index (κ1) is 25.6. The molecule has 0 saturated carbocycles. The van der Waals surface area contributed by atoms with Crippen LogP contribution in [-0.4, -0.2) is 40.6 Å². The third-order valence-electron chi connectivity index (χ3n) is 5.68. The van der Waals surface area contributed by atoms with E-state index in [0.717, 1.165) is 10.5 Å². The number of hydrogen-bond donors (Lipinski definition) is 2. The van der Waals surface area contributed by atoms with Crippen molar-refractivity contribution in [1.82, 2.24) is 4.90 Å². The van der Waals surface area contributed by atoms with Crippen molar-refractivity contribution in [1.29, 1.82) is 0 Å². The largest absolute Gasteiger partial charge is 0.480 e. The molecule has 0 aliphatic heterocycles. The zero-order valence-corrected chi connectivity index (χ0v) is 19.5. The summed E-state index contributed by atoms with van der Waals surface area (Å²) in [6.45, 7) is 0.301. The standard InChI is InChI=1S/C28H30N2O5/c29-19-11-10-18-24(27(32)33)30(28(34)35-20-21-12-4-1-5-13-21)26(31)25(22-14-6-2-7-15-22)23-16-8-3-9-17-23/h1-9,12-17,24-25H,10-11,18-20,29H2,(H,32,33). The number of nitrogens with two attached hydrogens (primary N) is 1. The van der Waals surface area contributed by atoms with Gasteiger partial charge in [-0.25, -0.2) is 14.5 Å². The van der Waals surface area contributed by atoms with Crippen molar-refractivity contribution >= 4 is 18.0 Å². The van der Waals surface area contributed by atoms with Gasteiger partial charge in [0.05, 0.1) is 5.92 Å². The first-order chi connectivity index (χ1) is 17.0.